The van der Waals surface area contributed by atoms with Crippen molar-refractivity contribution >= 4 is 5.97 Å². The van der Waals surface area contributed by atoms with Crippen molar-refractivity contribution in [3.63, 3.8) is 0 Å². The maximum atomic E-state index is 11.1. The fourth-order valence-electron chi connectivity index (χ4n) is 2.21. The Bertz CT molecular complexity index is 231. The summed E-state index contributed by atoms with van der Waals surface area (Å²) in [6.45, 7) is 6.09. The molecule has 16 heavy (non-hydrogen) atoms. The summed E-state index contributed by atoms with van der Waals surface area (Å²) in [5.74, 6) is -0.592. The number of carbonyl (C=O) groups is 1. The average Bonchev–Trinajstić information content (AvgIpc) is 2.38. The summed E-state index contributed by atoms with van der Waals surface area (Å²) in [5, 5.41) is 12.4. The van der Waals surface area contributed by atoms with E-state index in [4.69, 9.17) is 5.11 Å². The van der Waals surface area contributed by atoms with E-state index < -0.39 is 12.0 Å². The predicted molar refractivity (Wildman–Crippen MR) is 64.5 cm³/mol. The Balaban J connectivity index is 2.47. The lowest BCUT2D eigenvalue weighted by Gasteiger charge is -2.24. The van der Waals surface area contributed by atoms with Gasteiger partial charge in [-0.2, -0.15) is 0 Å². The molecule has 0 aromatic heterocycles. The van der Waals surface area contributed by atoms with Crippen LogP contribution in [0.2, 0.25) is 0 Å². The van der Waals surface area contributed by atoms with Gasteiger partial charge in [-0.25, -0.2) is 0 Å². The first-order valence-corrected chi connectivity index (χ1v) is 6.18. The summed E-state index contributed by atoms with van der Waals surface area (Å²) in [7, 11) is 2.12. The molecule has 0 saturated carbocycles. The molecule has 4 heteroatoms. The van der Waals surface area contributed by atoms with Crippen LogP contribution in [0.5, 0.6) is 0 Å². The molecule has 1 aliphatic heterocycles. The SMILES string of the molecule is CC(C)C(NC1CCCN(C)CC1)C(=O)O. The zero-order valence-electron chi connectivity index (χ0n) is 10.6. The van der Waals surface area contributed by atoms with E-state index in [2.05, 4.69) is 17.3 Å². The van der Waals surface area contributed by atoms with Crippen molar-refractivity contribution in [1.29, 1.82) is 0 Å². The lowest BCUT2D eigenvalue weighted by molar-refractivity contribution is -0.140. The number of carboxylic acids is 1. The van der Waals surface area contributed by atoms with Crippen molar-refractivity contribution < 1.29 is 9.90 Å². The van der Waals surface area contributed by atoms with E-state index in [0.29, 0.717) is 6.04 Å². The van der Waals surface area contributed by atoms with E-state index in [0.717, 1.165) is 32.4 Å². The first-order valence-electron chi connectivity index (χ1n) is 6.18. The van der Waals surface area contributed by atoms with Gasteiger partial charge >= 0.3 is 5.97 Å². The summed E-state index contributed by atoms with van der Waals surface area (Å²) < 4.78 is 0. The van der Waals surface area contributed by atoms with Crippen LogP contribution in [0.1, 0.15) is 33.1 Å². The molecular formula is C12H24N2O2. The number of rotatable bonds is 4. The topological polar surface area (TPSA) is 52.6 Å². The Hall–Kier alpha value is -0.610. The fraction of sp³-hybridized carbons (Fsp3) is 0.917. The Kier molecular flexibility index (Phi) is 5.22. The molecule has 0 amide bonds. The van der Waals surface area contributed by atoms with Crippen molar-refractivity contribution in [3.8, 4) is 0 Å². The molecule has 0 radical (unpaired) electrons. The molecule has 0 spiro atoms. The molecule has 1 saturated heterocycles. The fourth-order valence-corrected chi connectivity index (χ4v) is 2.21. The lowest BCUT2D eigenvalue weighted by Crippen LogP contribution is -2.46. The van der Waals surface area contributed by atoms with Gasteiger partial charge in [0.15, 0.2) is 0 Å². The van der Waals surface area contributed by atoms with Crippen molar-refractivity contribution in [2.75, 3.05) is 20.1 Å². The van der Waals surface area contributed by atoms with Gasteiger partial charge in [-0.05, 0) is 45.3 Å². The van der Waals surface area contributed by atoms with E-state index >= 15 is 0 Å². The smallest absolute Gasteiger partial charge is 0.320 e. The molecule has 2 unspecified atom stereocenters. The maximum absolute atomic E-state index is 11.1. The Morgan fingerprint density at radius 2 is 2.06 bits per heavy atom. The highest BCUT2D eigenvalue weighted by molar-refractivity contribution is 5.73. The second-order valence-electron chi connectivity index (χ2n) is 5.16. The number of nitrogens with zero attached hydrogens (tertiary/aromatic N) is 1. The first-order chi connectivity index (χ1) is 7.50. The minimum absolute atomic E-state index is 0.137. The molecule has 2 N–H and O–H groups in total. The third-order valence-electron chi connectivity index (χ3n) is 3.30. The second kappa shape index (κ2) is 6.21. The molecule has 0 aliphatic carbocycles. The van der Waals surface area contributed by atoms with Crippen molar-refractivity contribution in [1.82, 2.24) is 10.2 Å². The molecule has 1 rings (SSSR count). The zero-order valence-corrected chi connectivity index (χ0v) is 10.6. The van der Waals surface area contributed by atoms with Gasteiger partial charge in [-0.1, -0.05) is 13.8 Å². The van der Waals surface area contributed by atoms with Crippen molar-refractivity contribution in [3.05, 3.63) is 0 Å². The highest BCUT2D eigenvalue weighted by atomic mass is 16.4. The van der Waals surface area contributed by atoms with Crippen molar-refractivity contribution in [2.24, 2.45) is 5.92 Å². The van der Waals surface area contributed by atoms with E-state index in [-0.39, 0.29) is 5.92 Å². The molecule has 4 nitrogen and oxygen atoms in total. The van der Waals surface area contributed by atoms with Gasteiger partial charge in [0.25, 0.3) is 0 Å². The summed E-state index contributed by atoms with van der Waals surface area (Å²) in [5.41, 5.74) is 0. The molecule has 2 atom stereocenters. The zero-order chi connectivity index (χ0) is 12.1. The van der Waals surface area contributed by atoms with Gasteiger partial charge < -0.3 is 15.3 Å². The summed E-state index contributed by atoms with van der Waals surface area (Å²) >= 11 is 0. The van der Waals surface area contributed by atoms with Crippen molar-refractivity contribution in [2.45, 2.75) is 45.2 Å². The van der Waals surface area contributed by atoms with Gasteiger partial charge in [-0.3, -0.25) is 4.79 Å². The minimum Gasteiger partial charge on any atom is -0.480 e. The summed E-state index contributed by atoms with van der Waals surface area (Å²) in [6.07, 6.45) is 3.28. The quantitative estimate of drug-likeness (QED) is 0.758. The van der Waals surface area contributed by atoms with Gasteiger partial charge in [0.1, 0.15) is 6.04 Å². The van der Waals surface area contributed by atoms with E-state index in [1.807, 2.05) is 13.8 Å². The molecule has 0 aromatic carbocycles. The number of aliphatic carboxylic acids is 1. The van der Waals surface area contributed by atoms with Crippen LogP contribution >= 0.6 is 0 Å². The van der Waals surface area contributed by atoms with Crippen LogP contribution in [0.15, 0.2) is 0 Å². The highest BCUT2D eigenvalue weighted by Crippen LogP contribution is 2.12. The summed E-state index contributed by atoms with van der Waals surface area (Å²) in [6, 6.07) is -0.0538. The van der Waals surface area contributed by atoms with Crippen LogP contribution < -0.4 is 5.32 Å². The molecule has 0 bridgehead atoms. The van der Waals surface area contributed by atoms with Crippen LogP contribution in [0.25, 0.3) is 0 Å². The van der Waals surface area contributed by atoms with Gasteiger partial charge in [-0.15, -0.1) is 0 Å². The van der Waals surface area contributed by atoms with Gasteiger partial charge in [0.2, 0.25) is 0 Å². The number of hydrogen-bond donors (Lipinski definition) is 2. The van der Waals surface area contributed by atoms with Crippen LogP contribution in [-0.2, 0) is 4.79 Å². The summed E-state index contributed by atoms with van der Waals surface area (Å²) in [4.78, 5) is 13.4. The predicted octanol–water partition coefficient (Wildman–Crippen LogP) is 1.17. The van der Waals surface area contributed by atoms with Gasteiger partial charge in [0, 0.05) is 6.04 Å². The van der Waals surface area contributed by atoms with Crippen LogP contribution in [-0.4, -0.2) is 48.2 Å². The molecule has 94 valence electrons. The lowest BCUT2D eigenvalue weighted by atomic mass is 10.0. The standard InChI is InChI=1S/C12H24N2O2/c1-9(2)11(12(15)16)13-10-5-4-7-14(3)8-6-10/h9-11,13H,4-8H2,1-3H3,(H,15,16). The first kappa shape index (κ1) is 13.5. The number of carboxylic acid groups (broad SMARTS) is 1. The van der Waals surface area contributed by atoms with E-state index in [9.17, 15) is 4.79 Å². The normalized spacial score (nSPS) is 25.4. The molecule has 1 heterocycles. The second-order valence-corrected chi connectivity index (χ2v) is 5.16. The van der Waals surface area contributed by atoms with Gasteiger partial charge in [0.05, 0.1) is 0 Å². The number of hydrogen-bond acceptors (Lipinski definition) is 3. The molecule has 1 fully saturated rings. The molecule has 1 aliphatic rings. The largest absolute Gasteiger partial charge is 0.480 e. The molecule has 0 aromatic rings. The monoisotopic (exact) mass is 228 g/mol. The number of likely N-dealkylation sites (tertiary alicyclic amines) is 1. The Labute approximate surface area is 98.0 Å². The van der Waals surface area contributed by atoms with Crippen LogP contribution in [0.3, 0.4) is 0 Å². The third kappa shape index (κ3) is 4.10. The highest BCUT2D eigenvalue weighted by Gasteiger charge is 2.25. The molecular weight excluding hydrogens is 204 g/mol. The average molecular weight is 228 g/mol. The number of nitrogens with one attached hydrogen (secondary N) is 1. The third-order valence-corrected chi connectivity index (χ3v) is 3.30. The van der Waals surface area contributed by atoms with E-state index in [1.54, 1.807) is 0 Å². The van der Waals surface area contributed by atoms with Crippen LogP contribution in [0, 0.1) is 5.92 Å². The Morgan fingerprint density at radius 3 is 2.62 bits per heavy atom. The minimum atomic E-state index is -0.729. The Morgan fingerprint density at radius 1 is 1.38 bits per heavy atom. The van der Waals surface area contributed by atoms with E-state index in [1.165, 1.54) is 0 Å². The van der Waals surface area contributed by atoms with Crippen LogP contribution in [0.4, 0.5) is 0 Å². The maximum Gasteiger partial charge on any atom is 0.320 e.